The lowest BCUT2D eigenvalue weighted by Gasteiger charge is -2.29. The Kier molecular flexibility index (Phi) is 3.01. The van der Waals surface area contributed by atoms with Crippen LogP contribution < -0.4 is 16.1 Å². The molecule has 1 aliphatic heterocycles. The van der Waals surface area contributed by atoms with E-state index in [4.69, 9.17) is 0 Å². The summed E-state index contributed by atoms with van der Waals surface area (Å²) >= 11 is 0. The molecule has 0 amide bonds. The first-order chi connectivity index (χ1) is 7.69. The Balaban J connectivity index is 2.45. The fraction of sp³-hybridized carbons (Fsp3) is 0.364. The van der Waals surface area contributed by atoms with Crippen LogP contribution in [-0.4, -0.2) is 17.1 Å². The van der Waals surface area contributed by atoms with Crippen LogP contribution in [0.2, 0.25) is 0 Å². The molecule has 0 bridgehead atoms. The van der Waals surface area contributed by atoms with Gasteiger partial charge in [-0.25, -0.2) is 10.3 Å². The standard InChI is InChI=1S/C11H16N3OP/c1-3-16(15,4-2)14-9-10-7-5-6-8-11(10)12-13-14/h5-9,13H,3-4H2,1-2H3. The van der Waals surface area contributed by atoms with Crippen LogP contribution in [0.1, 0.15) is 13.8 Å². The van der Waals surface area contributed by atoms with Crippen molar-refractivity contribution in [2.45, 2.75) is 13.8 Å². The van der Waals surface area contributed by atoms with Crippen molar-refractivity contribution in [1.29, 1.82) is 0 Å². The van der Waals surface area contributed by atoms with Gasteiger partial charge in [-0.05, 0) is 6.07 Å². The highest BCUT2D eigenvalue weighted by Crippen LogP contribution is 2.47. The topological polar surface area (TPSA) is 44.7 Å². The molecule has 0 saturated heterocycles. The van der Waals surface area contributed by atoms with E-state index < -0.39 is 7.29 Å². The minimum atomic E-state index is -2.34. The molecule has 0 saturated carbocycles. The van der Waals surface area contributed by atoms with Gasteiger partial charge in [0.1, 0.15) is 0 Å². The van der Waals surface area contributed by atoms with Crippen molar-refractivity contribution in [3.05, 3.63) is 34.8 Å². The Morgan fingerprint density at radius 3 is 2.69 bits per heavy atom. The van der Waals surface area contributed by atoms with Crippen molar-refractivity contribution in [1.82, 2.24) is 10.3 Å². The van der Waals surface area contributed by atoms with Gasteiger partial charge in [-0.3, -0.25) is 4.57 Å². The Hall–Kier alpha value is -1.28. The Bertz CT molecular complexity index is 532. The second-order valence-electron chi connectivity index (χ2n) is 3.72. The third-order valence-electron chi connectivity index (χ3n) is 2.85. The van der Waals surface area contributed by atoms with E-state index in [1.54, 1.807) is 4.78 Å². The van der Waals surface area contributed by atoms with Crippen molar-refractivity contribution in [2.24, 2.45) is 5.10 Å². The Morgan fingerprint density at radius 1 is 1.31 bits per heavy atom. The van der Waals surface area contributed by atoms with Crippen molar-refractivity contribution >= 4 is 13.5 Å². The number of hydrogen-bond acceptors (Lipinski definition) is 3. The molecular formula is C11H16N3OP. The first-order valence-corrected chi connectivity index (χ1v) is 7.50. The summed E-state index contributed by atoms with van der Waals surface area (Å²) in [6, 6.07) is 7.80. The average molecular weight is 237 g/mol. The highest BCUT2D eigenvalue weighted by atomic mass is 31.2. The molecule has 86 valence electrons. The summed E-state index contributed by atoms with van der Waals surface area (Å²) in [5.41, 5.74) is 2.86. The quantitative estimate of drug-likeness (QED) is 0.801. The van der Waals surface area contributed by atoms with Gasteiger partial charge < -0.3 is 0 Å². The van der Waals surface area contributed by atoms with Crippen LogP contribution in [0.25, 0.3) is 6.20 Å². The fourth-order valence-corrected chi connectivity index (χ4v) is 3.28. The van der Waals surface area contributed by atoms with Gasteiger partial charge in [0.2, 0.25) is 0 Å². The van der Waals surface area contributed by atoms with Gasteiger partial charge in [-0.15, -0.1) is 0 Å². The highest BCUT2D eigenvalue weighted by Gasteiger charge is 2.25. The van der Waals surface area contributed by atoms with Crippen LogP contribution in [0.3, 0.4) is 0 Å². The van der Waals surface area contributed by atoms with Gasteiger partial charge in [0.15, 0.2) is 7.29 Å². The van der Waals surface area contributed by atoms with Gasteiger partial charge in [-0.2, -0.15) is 5.10 Å². The third kappa shape index (κ3) is 1.85. The monoisotopic (exact) mass is 237 g/mol. The molecule has 4 nitrogen and oxygen atoms in total. The predicted molar refractivity (Wildman–Crippen MR) is 65.4 cm³/mol. The van der Waals surface area contributed by atoms with E-state index >= 15 is 0 Å². The summed E-state index contributed by atoms with van der Waals surface area (Å²) in [6.45, 7) is 3.89. The van der Waals surface area contributed by atoms with E-state index in [-0.39, 0.29) is 0 Å². The molecule has 1 aromatic rings. The predicted octanol–water partition coefficient (Wildman–Crippen LogP) is 1.10. The maximum absolute atomic E-state index is 12.5. The number of nitrogens with one attached hydrogen (secondary N) is 1. The van der Waals surface area contributed by atoms with Gasteiger partial charge >= 0.3 is 0 Å². The summed E-state index contributed by atoms with van der Waals surface area (Å²) < 4.78 is 14.2. The normalized spacial score (nSPS) is 14.5. The molecule has 0 aliphatic carbocycles. The minimum absolute atomic E-state index is 0.644. The summed E-state index contributed by atoms with van der Waals surface area (Å²) in [4.78, 5) is 0. The van der Waals surface area contributed by atoms with Crippen LogP contribution in [0.5, 0.6) is 0 Å². The maximum atomic E-state index is 12.5. The summed E-state index contributed by atoms with van der Waals surface area (Å²) in [5, 5.41) is 6.10. The van der Waals surface area contributed by atoms with Crippen LogP contribution in [-0.2, 0) is 4.57 Å². The second-order valence-corrected chi connectivity index (χ2v) is 7.11. The summed E-state index contributed by atoms with van der Waals surface area (Å²) in [6.07, 6.45) is 3.17. The first kappa shape index (κ1) is 11.2. The van der Waals surface area contributed by atoms with Crippen molar-refractivity contribution in [3.8, 4) is 0 Å². The maximum Gasteiger partial charge on any atom is 0.190 e. The summed E-state index contributed by atoms with van der Waals surface area (Å²) in [5.74, 6) is 0. The zero-order chi connectivity index (χ0) is 11.6. The number of para-hydroxylation sites is 1. The number of hydrazine groups is 1. The average Bonchev–Trinajstić information content (AvgIpc) is 2.37. The van der Waals surface area contributed by atoms with Gasteiger partial charge in [0.05, 0.1) is 5.36 Å². The first-order valence-electron chi connectivity index (χ1n) is 5.47. The molecule has 0 spiro atoms. The van der Waals surface area contributed by atoms with Gasteiger partial charge in [-0.1, -0.05) is 32.0 Å². The molecule has 0 radical (unpaired) electrons. The smallest absolute Gasteiger partial charge is 0.190 e. The lowest BCUT2D eigenvalue weighted by molar-refractivity contribution is 0.422. The van der Waals surface area contributed by atoms with E-state index in [2.05, 4.69) is 10.6 Å². The lowest BCUT2D eigenvalue weighted by atomic mass is 10.3. The molecule has 2 rings (SSSR count). The molecular weight excluding hydrogens is 221 g/mol. The highest BCUT2D eigenvalue weighted by molar-refractivity contribution is 7.61. The Morgan fingerprint density at radius 2 is 2.00 bits per heavy atom. The number of fused-ring (bicyclic) bond motifs is 1. The van der Waals surface area contributed by atoms with Crippen LogP contribution in [0.4, 0.5) is 0 Å². The molecule has 1 aromatic carbocycles. The van der Waals surface area contributed by atoms with E-state index in [1.165, 1.54) is 0 Å². The fourth-order valence-electron chi connectivity index (χ4n) is 1.68. The molecule has 1 N–H and O–H groups in total. The third-order valence-corrected chi connectivity index (χ3v) is 5.82. The Labute approximate surface area is 95.1 Å². The molecule has 0 atom stereocenters. The zero-order valence-corrected chi connectivity index (χ0v) is 10.4. The second kappa shape index (κ2) is 4.30. The van der Waals surface area contributed by atoms with E-state index in [1.807, 2.05) is 44.3 Å². The zero-order valence-electron chi connectivity index (χ0n) is 9.55. The van der Waals surface area contributed by atoms with Crippen molar-refractivity contribution in [2.75, 3.05) is 12.3 Å². The summed E-state index contributed by atoms with van der Waals surface area (Å²) in [7, 11) is -2.34. The minimum Gasteiger partial charge on any atom is -0.298 e. The van der Waals surface area contributed by atoms with Crippen LogP contribution in [0.15, 0.2) is 29.4 Å². The largest absolute Gasteiger partial charge is 0.298 e. The molecule has 0 unspecified atom stereocenters. The molecule has 1 aliphatic rings. The SMILES string of the molecule is CCP(=O)(CC)N1C=c2ccccc2=NN1. The van der Waals surface area contributed by atoms with Crippen molar-refractivity contribution < 1.29 is 4.57 Å². The van der Waals surface area contributed by atoms with Crippen molar-refractivity contribution in [3.63, 3.8) is 0 Å². The molecule has 16 heavy (non-hydrogen) atoms. The molecule has 0 aromatic heterocycles. The van der Waals surface area contributed by atoms with E-state index in [9.17, 15) is 4.57 Å². The number of hydrogen-bond donors (Lipinski definition) is 1. The number of nitrogens with zero attached hydrogens (tertiary/aromatic N) is 2. The lowest BCUT2D eigenvalue weighted by Crippen LogP contribution is -2.41. The molecule has 5 heteroatoms. The number of rotatable bonds is 3. The van der Waals surface area contributed by atoms with Crippen LogP contribution in [0, 0.1) is 0 Å². The van der Waals surface area contributed by atoms with Gasteiger partial charge in [0.25, 0.3) is 0 Å². The van der Waals surface area contributed by atoms with E-state index in [0.717, 1.165) is 10.6 Å². The van der Waals surface area contributed by atoms with Crippen LogP contribution >= 0.6 is 7.29 Å². The van der Waals surface area contributed by atoms with Gasteiger partial charge in [0, 0.05) is 23.7 Å². The molecule has 1 heterocycles. The molecule has 0 fully saturated rings. The van der Waals surface area contributed by atoms with E-state index in [0.29, 0.717) is 12.3 Å². The number of benzene rings is 1.